The second-order valence-corrected chi connectivity index (χ2v) is 5.11. The third-order valence-electron chi connectivity index (χ3n) is 3.38. The van der Waals surface area contributed by atoms with E-state index in [-0.39, 0.29) is 36.5 Å². The quantitative estimate of drug-likeness (QED) is 0.872. The van der Waals surface area contributed by atoms with E-state index in [0.29, 0.717) is 5.56 Å². The van der Waals surface area contributed by atoms with E-state index >= 15 is 0 Å². The van der Waals surface area contributed by atoms with Gasteiger partial charge in [-0.1, -0.05) is 25.1 Å². The number of carboxylic acids is 1. The molecule has 0 heterocycles. The molecule has 1 aromatic rings. The molecule has 1 aromatic carbocycles. The normalized spacial score (nSPS) is 13.6. The lowest BCUT2D eigenvalue weighted by Gasteiger charge is -2.26. The van der Waals surface area contributed by atoms with Crippen molar-refractivity contribution in [2.45, 2.75) is 32.7 Å². The summed E-state index contributed by atoms with van der Waals surface area (Å²) < 4.78 is 13.7. The molecule has 0 saturated heterocycles. The third kappa shape index (κ3) is 4.33. The van der Waals surface area contributed by atoms with E-state index in [4.69, 9.17) is 5.11 Å². The number of amides is 1. The summed E-state index contributed by atoms with van der Waals surface area (Å²) in [6.07, 6.45) is 0.0925. The van der Waals surface area contributed by atoms with E-state index in [1.54, 1.807) is 39.1 Å². The Morgan fingerprint density at radius 3 is 2.40 bits per heavy atom. The van der Waals surface area contributed by atoms with Gasteiger partial charge in [-0.3, -0.25) is 9.59 Å². The Kier molecular flexibility index (Phi) is 5.67. The minimum absolute atomic E-state index is 0.0480. The summed E-state index contributed by atoms with van der Waals surface area (Å²) in [5, 5.41) is 8.68. The first-order valence-corrected chi connectivity index (χ1v) is 6.54. The number of rotatable bonds is 6. The van der Waals surface area contributed by atoms with Gasteiger partial charge >= 0.3 is 5.97 Å². The highest BCUT2D eigenvalue weighted by Crippen LogP contribution is 2.23. The Morgan fingerprint density at radius 2 is 1.85 bits per heavy atom. The zero-order chi connectivity index (χ0) is 15.3. The lowest BCUT2D eigenvalue weighted by Crippen LogP contribution is -2.31. The van der Waals surface area contributed by atoms with Crippen LogP contribution in [0.15, 0.2) is 24.3 Å². The highest BCUT2D eigenvalue weighted by atomic mass is 19.1. The van der Waals surface area contributed by atoms with Crippen molar-refractivity contribution in [1.82, 2.24) is 4.90 Å². The van der Waals surface area contributed by atoms with Crippen LogP contribution >= 0.6 is 0 Å². The van der Waals surface area contributed by atoms with Crippen LogP contribution in [-0.4, -0.2) is 28.9 Å². The molecule has 0 aliphatic heterocycles. The van der Waals surface area contributed by atoms with Gasteiger partial charge in [-0.25, -0.2) is 4.39 Å². The van der Waals surface area contributed by atoms with E-state index in [2.05, 4.69) is 0 Å². The maximum atomic E-state index is 13.7. The van der Waals surface area contributed by atoms with Gasteiger partial charge in [0.15, 0.2) is 0 Å². The minimum atomic E-state index is -0.921. The van der Waals surface area contributed by atoms with Gasteiger partial charge in [-0.05, 0) is 18.9 Å². The molecule has 1 rings (SSSR count). The van der Waals surface area contributed by atoms with Crippen LogP contribution in [0.5, 0.6) is 0 Å². The Labute approximate surface area is 118 Å². The van der Waals surface area contributed by atoms with Gasteiger partial charge in [0.05, 0.1) is 6.04 Å². The minimum Gasteiger partial charge on any atom is -0.481 e. The van der Waals surface area contributed by atoms with Gasteiger partial charge in [0, 0.05) is 25.5 Å². The van der Waals surface area contributed by atoms with Crippen molar-refractivity contribution in [3.8, 4) is 0 Å². The number of carbonyl (C=O) groups excluding carboxylic acids is 1. The van der Waals surface area contributed by atoms with Crippen molar-refractivity contribution >= 4 is 11.9 Å². The van der Waals surface area contributed by atoms with Crippen molar-refractivity contribution in [3.63, 3.8) is 0 Å². The molecule has 0 fully saturated rings. The topological polar surface area (TPSA) is 57.6 Å². The summed E-state index contributed by atoms with van der Waals surface area (Å²) in [5.74, 6) is -1.70. The lowest BCUT2D eigenvalue weighted by atomic mass is 10.0. The Balaban J connectivity index is 2.69. The second-order valence-electron chi connectivity index (χ2n) is 5.11. The van der Waals surface area contributed by atoms with Gasteiger partial charge in [-0.15, -0.1) is 0 Å². The van der Waals surface area contributed by atoms with Gasteiger partial charge < -0.3 is 10.0 Å². The van der Waals surface area contributed by atoms with E-state index in [0.717, 1.165) is 0 Å². The van der Waals surface area contributed by atoms with E-state index in [9.17, 15) is 14.0 Å². The van der Waals surface area contributed by atoms with Gasteiger partial charge in [-0.2, -0.15) is 0 Å². The number of aliphatic carboxylic acids is 1. The van der Waals surface area contributed by atoms with Gasteiger partial charge in [0.25, 0.3) is 0 Å². The highest BCUT2D eigenvalue weighted by Gasteiger charge is 2.22. The molecular weight excluding hydrogens is 261 g/mol. The third-order valence-corrected chi connectivity index (χ3v) is 3.38. The molecule has 110 valence electrons. The summed E-state index contributed by atoms with van der Waals surface area (Å²) in [4.78, 5) is 24.1. The molecule has 20 heavy (non-hydrogen) atoms. The molecule has 0 spiro atoms. The largest absolute Gasteiger partial charge is 0.481 e. The average Bonchev–Trinajstić information content (AvgIpc) is 2.36. The van der Waals surface area contributed by atoms with Gasteiger partial charge in [0.1, 0.15) is 5.82 Å². The molecule has 2 atom stereocenters. The molecule has 0 aliphatic carbocycles. The molecule has 5 heteroatoms. The maximum absolute atomic E-state index is 13.7. The summed E-state index contributed by atoms with van der Waals surface area (Å²) in [5.41, 5.74) is 0.453. The fraction of sp³-hybridized carbons (Fsp3) is 0.467. The molecule has 0 saturated carbocycles. The highest BCUT2D eigenvalue weighted by molar-refractivity contribution is 5.77. The first-order valence-electron chi connectivity index (χ1n) is 6.54. The fourth-order valence-corrected chi connectivity index (χ4v) is 2.05. The first kappa shape index (κ1) is 16.1. The standard InChI is InChI=1S/C15H20FNO3/c1-10(9-15(19)20)8-14(18)17(3)11(2)12-6-4-5-7-13(12)16/h4-7,10-11H,8-9H2,1-3H3,(H,19,20). The van der Waals surface area contributed by atoms with E-state index < -0.39 is 5.97 Å². The number of hydrogen-bond acceptors (Lipinski definition) is 2. The van der Waals surface area contributed by atoms with Crippen molar-refractivity contribution in [1.29, 1.82) is 0 Å². The molecule has 1 N–H and O–H groups in total. The summed E-state index contributed by atoms with van der Waals surface area (Å²) >= 11 is 0. The van der Waals surface area contributed by atoms with Crippen LogP contribution in [0.4, 0.5) is 4.39 Å². The summed E-state index contributed by atoms with van der Waals surface area (Å²) in [7, 11) is 1.60. The summed E-state index contributed by atoms with van der Waals surface area (Å²) in [6, 6.07) is 5.94. The van der Waals surface area contributed by atoms with Crippen LogP contribution in [0.1, 0.15) is 38.3 Å². The zero-order valence-electron chi connectivity index (χ0n) is 12.0. The van der Waals surface area contributed by atoms with Crippen LogP contribution in [-0.2, 0) is 9.59 Å². The molecule has 0 bridgehead atoms. The fourth-order valence-electron chi connectivity index (χ4n) is 2.05. The van der Waals surface area contributed by atoms with Crippen molar-refractivity contribution < 1.29 is 19.1 Å². The molecule has 0 aromatic heterocycles. The van der Waals surface area contributed by atoms with Crippen LogP contribution in [0.3, 0.4) is 0 Å². The number of hydrogen-bond donors (Lipinski definition) is 1. The van der Waals surface area contributed by atoms with Crippen LogP contribution in [0.25, 0.3) is 0 Å². The monoisotopic (exact) mass is 281 g/mol. The van der Waals surface area contributed by atoms with Crippen LogP contribution < -0.4 is 0 Å². The number of halogens is 1. The number of nitrogens with zero attached hydrogens (tertiary/aromatic N) is 1. The predicted molar refractivity (Wildman–Crippen MR) is 73.6 cm³/mol. The molecular formula is C15H20FNO3. The van der Waals surface area contributed by atoms with Crippen LogP contribution in [0, 0.1) is 11.7 Å². The van der Waals surface area contributed by atoms with Crippen molar-refractivity contribution in [2.24, 2.45) is 5.92 Å². The number of carbonyl (C=O) groups is 2. The smallest absolute Gasteiger partial charge is 0.303 e. The predicted octanol–water partition coefficient (Wildman–Crippen LogP) is 2.85. The molecule has 0 radical (unpaired) electrons. The van der Waals surface area contributed by atoms with Crippen molar-refractivity contribution in [3.05, 3.63) is 35.6 Å². The van der Waals surface area contributed by atoms with E-state index in [1.807, 2.05) is 0 Å². The number of carboxylic acid groups (broad SMARTS) is 1. The second kappa shape index (κ2) is 7.03. The number of benzene rings is 1. The zero-order valence-corrected chi connectivity index (χ0v) is 12.0. The first-order chi connectivity index (χ1) is 9.32. The molecule has 2 unspecified atom stereocenters. The summed E-state index contributed by atoms with van der Waals surface area (Å²) in [6.45, 7) is 3.46. The average molecular weight is 281 g/mol. The Bertz CT molecular complexity index is 490. The van der Waals surface area contributed by atoms with E-state index in [1.165, 1.54) is 11.0 Å². The van der Waals surface area contributed by atoms with Crippen molar-refractivity contribution in [2.75, 3.05) is 7.05 Å². The Hall–Kier alpha value is -1.91. The lowest BCUT2D eigenvalue weighted by molar-refractivity contribution is -0.138. The van der Waals surface area contributed by atoms with Gasteiger partial charge in [0.2, 0.25) is 5.91 Å². The molecule has 0 aliphatic rings. The maximum Gasteiger partial charge on any atom is 0.303 e. The molecule has 4 nitrogen and oxygen atoms in total. The SMILES string of the molecule is CC(CC(=O)O)CC(=O)N(C)C(C)c1ccccc1F. The molecule has 1 amide bonds. The van der Waals surface area contributed by atoms with Crippen LogP contribution in [0.2, 0.25) is 0 Å². The Morgan fingerprint density at radius 1 is 1.25 bits per heavy atom.